The van der Waals surface area contributed by atoms with E-state index < -0.39 is 5.97 Å². The highest BCUT2D eigenvalue weighted by Crippen LogP contribution is 2.28. The van der Waals surface area contributed by atoms with Crippen LogP contribution in [0.4, 0.5) is 0 Å². The lowest BCUT2D eigenvalue weighted by atomic mass is 10.1. The zero-order valence-corrected chi connectivity index (χ0v) is 11.9. The summed E-state index contributed by atoms with van der Waals surface area (Å²) in [5.74, 6) is -0.689. The molecule has 1 aliphatic rings. The van der Waals surface area contributed by atoms with Gasteiger partial charge >= 0.3 is 5.97 Å². The fraction of sp³-hybridized carbons (Fsp3) is 0.688. The van der Waals surface area contributed by atoms with Crippen molar-refractivity contribution in [3.63, 3.8) is 0 Å². The van der Waals surface area contributed by atoms with E-state index in [0.29, 0.717) is 18.6 Å². The van der Waals surface area contributed by atoms with E-state index in [-0.39, 0.29) is 0 Å². The average molecular weight is 266 g/mol. The molecule has 2 atom stereocenters. The molecule has 0 radical (unpaired) electrons. The summed E-state index contributed by atoms with van der Waals surface area (Å²) in [7, 11) is 0. The topological polar surface area (TPSA) is 49.8 Å². The van der Waals surface area contributed by atoms with Gasteiger partial charge in [0.05, 0.1) is 12.2 Å². The number of ether oxygens (including phenoxy) is 1. The Kier molecular flexibility index (Phi) is 8.23. The molecule has 1 aliphatic heterocycles. The molecule has 2 unspecified atom stereocenters. The molecule has 1 N–H and O–H groups in total. The maximum Gasteiger partial charge on any atom is 0.303 e. The standard InChI is InChI=1S/C16H26O3/c1-2-14-15(19-14)12-10-8-6-4-3-5-7-9-11-13-16(17)18/h3-4,8,10,14-15H,2,5-7,9,11-13H2,1H3,(H,17,18). The molecule has 1 heterocycles. The Morgan fingerprint density at radius 1 is 1.11 bits per heavy atom. The molecule has 3 nitrogen and oxygen atoms in total. The van der Waals surface area contributed by atoms with Gasteiger partial charge in [0.25, 0.3) is 0 Å². The van der Waals surface area contributed by atoms with Crippen LogP contribution >= 0.6 is 0 Å². The lowest BCUT2D eigenvalue weighted by Gasteiger charge is -1.94. The number of epoxide rings is 1. The van der Waals surface area contributed by atoms with Crippen molar-refractivity contribution >= 4 is 5.97 Å². The monoisotopic (exact) mass is 266 g/mol. The van der Waals surface area contributed by atoms with Crippen molar-refractivity contribution in [3.8, 4) is 0 Å². The fourth-order valence-corrected chi connectivity index (χ4v) is 2.08. The molecule has 108 valence electrons. The minimum Gasteiger partial charge on any atom is -0.481 e. The van der Waals surface area contributed by atoms with Gasteiger partial charge in [-0.15, -0.1) is 0 Å². The number of carboxylic acid groups (broad SMARTS) is 1. The van der Waals surface area contributed by atoms with E-state index in [1.165, 1.54) is 0 Å². The van der Waals surface area contributed by atoms with Crippen LogP contribution in [-0.2, 0) is 9.53 Å². The van der Waals surface area contributed by atoms with Gasteiger partial charge in [0, 0.05) is 6.42 Å². The van der Waals surface area contributed by atoms with Crippen LogP contribution in [-0.4, -0.2) is 23.3 Å². The SMILES string of the molecule is CCC1OC1CC=CCC=CCCCCCC(=O)O. The highest BCUT2D eigenvalue weighted by molar-refractivity contribution is 5.66. The first-order valence-electron chi connectivity index (χ1n) is 7.41. The maximum atomic E-state index is 10.3. The quantitative estimate of drug-likeness (QED) is 0.348. The number of rotatable bonds is 11. The first-order chi connectivity index (χ1) is 9.24. The number of hydrogen-bond acceptors (Lipinski definition) is 2. The molecule has 0 aromatic carbocycles. The number of allylic oxidation sites excluding steroid dienone is 3. The predicted octanol–water partition coefficient (Wildman–Crippen LogP) is 4.09. The van der Waals surface area contributed by atoms with Crippen LogP contribution in [0.25, 0.3) is 0 Å². The minimum absolute atomic E-state index is 0.300. The van der Waals surface area contributed by atoms with Crippen LogP contribution in [0.5, 0.6) is 0 Å². The molecule has 0 aromatic heterocycles. The van der Waals surface area contributed by atoms with Crippen LogP contribution in [0.1, 0.15) is 58.3 Å². The smallest absolute Gasteiger partial charge is 0.303 e. The van der Waals surface area contributed by atoms with Crippen molar-refractivity contribution in [3.05, 3.63) is 24.3 Å². The highest BCUT2D eigenvalue weighted by Gasteiger charge is 2.35. The summed E-state index contributed by atoms with van der Waals surface area (Å²) >= 11 is 0. The summed E-state index contributed by atoms with van der Waals surface area (Å²) in [4.78, 5) is 10.3. The molecule has 0 bridgehead atoms. The van der Waals surface area contributed by atoms with Gasteiger partial charge in [0.2, 0.25) is 0 Å². The molecule has 1 rings (SSSR count). The number of unbranched alkanes of at least 4 members (excludes halogenated alkanes) is 3. The normalized spacial score (nSPS) is 22.4. The first kappa shape index (κ1) is 16.0. The second-order valence-corrected chi connectivity index (χ2v) is 5.03. The zero-order chi connectivity index (χ0) is 13.9. The molecule has 19 heavy (non-hydrogen) atoms. The molecular weight excluding hydrogens is 240 g/mol. The van der Waals surface area contributed by atoms with Gasteiger partial charge in [0.1, 0.15) is 0 Å². The van der Waals surface area contributed by atoms with E-state index in [9.17, 15) is 4.79 Å². The van der Waals surface area contributed by atoms with Gasteiger partial charge < -0.3 is 9.84 Å². The fourth-order valence-electron chi connectivity index (χ4n) is 2.08. The van der Waals surface area contributed by atoms with Crippen molar-refractivity contribution in [1.29, 1.82) is 0 Å². The summed E-state index contributed by atoms with van der Waals surface area (Å²) in [6.07, 6.45) is 17.1. The van der Waals surface area contributed by atoms with Crippen LogP contribution < -0.4 is 0 Å². The molecule has 1 fully saturated rings. The van der Waals surface area contributed by atoms with Crippen molar-refractivity contribution in [1.82, 2.24) is 0 Å². The van der Waals surface area contributed by atoms with Crippen molar-refractivity contribution in [2.45, 2.75) is 70.5 Å². The van der Waals surface area contributed by atoms with E-state index in [4.69, 9.17) is 9.84 Å². The molecule has 0 aliphatic carbocycles. The maximum absolute atomic E-state index is 10.3. The van der Waals surface area contributed by atoms with Gasteiger partial charge in [0.15, 0.2) is 0 Å². The van der Waals surface area contributed by atoms with Crippen LogP contribution in [0.3, 0.4) is 0 Å². The van der Waals surface area contributed by atoms with Crippen LogP contribution in [0.2, 0.25) is 0 Å². The van der Waals surface area contributed by atoms with E-state index in [2.05, 4.69) is 31.2 Å². The van der Waals surface area contributed by atoms with Crippen LogP contribution in [0, 0.1) is 0 Å². The summed E-state index contributed by atoms with van der Waals surface area (Å²) < 4.78 is 5.45. The number of aliphatic carboxylic acids is 1. The Labute approximate surface area is 116 Å². The second kappa shape index (κ2) is 9.79. The third-order valence-electron chi connectivity index (χ3n) is 3.33. The highest BCUT2D eigenvalue weighted by atomic mass is 16.6. The van der Waals surface area contributed by atoms with Crippen LogP contribution in [0.15, 0.2) is 24.3 Å². The Balaban J connectivity index is 1.85. The summed E-state index contributed by atoms with van der Waals surface area (Å²) in [6.45, 7) is 2.16. The van der Waals surface area contributed by atoms with E-state index >= 15 is 0 Å². The van der Waals surface area contributed by atoms with Gasteiger partial charge in [-0.1, -0.05) is 37.6 Å². The summed E-state index contributed by atoms with van der Waals surface area (Å²) in [5.41, 5.74) is 0. The Morgan fingerprint density at radius 2 is 1.89 bits per heavy atom. The molecule has 1 saturated heterocycles. The average Bonchev–Trinajstić information content (AvgIpc) is 3.14. The number of hydrogen-bond donors (Lipinski definition) is 1. The molecule has 0 aromatic rings. The third-order valence-corrected chi connectivity index (χ3v) is 3.33. The van der Waals surface area contributed by atoms with Gasteiger partial charge in [-0.3, -0.25) is 4.79 Å². The van der Waals surface area contributed by atoms with Crippen molar-refractivity contribution < 1.29 is 14.6 Å². The lowest BCUT2D eigenvalue weighted by Crippen LogP contribution is -1.93. The molecule has 0 amide bonds. The summed E-state index contributed by atoms with van der Waals surface area (Å²) in [5, 5.41) is 8.48. The number of carboxylic acids is 1. The lowest BCUT2D eigenvalue weighted by molar-refractivity contribution is -0.137. The second-order valence-electron chi connectivity index (χ2n) is 5.03. The Hall–Kier alpha value is -1.09. The molecule has 3 heteroatoms. The largest absolute Gasteiger partial charge is 0.481 e. The minimum atomic E-state index is -0.689. The van der Waals surface area contributed by atoms with Gasteiger partial charge in [-0.05, 0) is 38.5 Å². The Morgan fingerprint density at radius 3 is 2.58 bits per heavy atom. The van der Waals surface area contributed by atoms with Gasteiger partial charge in [-0.25, -0.2) is 0 Å². The summed E-state index contributed by atoms with van der Waals surface area (Å²) in [6, 6.07) is 0. The van der Waals surface area contributed by atoms with E-state index in [1.807, 2.05) is 0 Å². The Bertz CT molecular complexity index is 307. The van der Waals surface area contributed by atoms with Crippen molar-refractivity contribution in [2.24, 2.45) is 0 Å². The molecular formula is C16H26O3. The third kappa shape index (κ3) is 8.60. The molecule has 0 saturated carbocycles. The predicted molar refractivity (Wildman–Crippen MR) is 77.2 cm³/mol. The zero-order valence-electron chi connectivity index (χ0n) is 11.9. The van der Waals surface area contributed by atoms with E-state index in [0.717, 1.165) is 44.9 Å². The van der Waals surface area contributed by atoms with E-state index in [1.54, 1.807) is 0 Å². The number of carbonyl (C=O) groups is 1. The first-order valence-corrected chi connectivity index (χ1v) is 7.41. The van der Waals surface area contributed by atoms with Gasteiger partial charge in [-0.2, -0.15) is 0 Å². The molecule has 0 spiro atoms. The van der Waals surface area contributed by atoms with Crippen molar-refractivity contribution in [2.75, 3.05) is 0 Å².